The lowest BCUT2D eigenvalue weighted by Gasteiger charge is -2.09. The third kappa shape index (κ3) is 2.85. The number of hydrogen-bond donors (Lipinski definition) is 3. The van der Waals surface area contributed by atoms with E-state index in [2.05, 4.69) is 58.8 Å². The molecule has 0 amide bonds. The van der Waals surface area contributed by atoms with Crippen LogP contribution in [0.4, 0.5) is 11.4 Å². The Morgan fingerprint density at radius 2 is 1.61 bits per heavy atom. The molecular weight excluding hydrogens is 344 g/mol. The largest absolute Gasteiger partial charge is 0.395 e. The van der Waals surface area contributed by atoms with E-state index in [0.29, 0.717) is 5.69 Å². The number of benzene rings is 4. The lowest BCUT2D eigenvalue weighted by molar-refractivity contribution is 1.15. The van der Waals surface area contributed by atoms with Crippen LogP contribution in [0.3, 0.4) is 0 Å². The molecule has 4 nitrogen and oxygen atoms in total. The van der Waals surface area contributed by atoms with Crippen molar-refractivity contribution in [2.75, 3.05) is 11.1 Å². The van der Waals surface area contributed by atoms with Crippen molar-refractivity contribution in [1.29, 1.82) is 0 Å². The summed E-state index contributed by atoms with van der Waals surface area (Å²) in [6.07, 6.45) is 0. The van der Waals surface area contributed by atoms with E-state index in [-0.39, 0.29) is 0 Å². The zero-order chi connectivity index (χ0) is 18.9. The first-order chi connectivity index (χ1) is 13.8. The van der Waals surface area contributed by atoms with E-state index >= 15 is 0 Å². The summed E-state index contributed by atoms with van der Waals surface area (Å²) >= 11 is 0. The van der Waals surface area contributed by atoms with Gasteiger partial charge in [-0.2, -0.15) is 0 Å². The number of nitrogens with two attached hydrogens (primary N) is 1. The van der Waals surface area contributed by atoms with E-state index in [1.165, 1.54) is 16.3 Å². The molecule has 1 heterocycles. The molecule has 0 unspecified atom stereocenters. The van der Waals surface area contributed by atoms with Crippen molar-refractivity contribution in [3.8, 4) is 11.4 Å². The van der Waals surface area contributed by atoms with Gasteiger partial charge in [0.05, 0.1) is 16.9 Å². The molecule has 4 N–H and O–H groups in total. The van der Waals surface area contributed by atoms with E-state index < -0.39 is 0 Å². The number of nitrogens with one attached hydrogen (secondary N) is 2. The second-order valence-electron chi connectivity index (χ2n) is 6.87. The number of H-pyrrole nitrogens is 1. The van der Waals surface area contributed by atoms with Crippen LogP contribution in [0.25, 0.3) is 33.2 Å². The van der Waals surface area contributed by atoms with E-state index in [4.69, 9.17) is 10.7 Å². The average Bonchev–Trinajstić information content (AvgIpc) is 3.19. The van der Waals surface area contributed by atoms with Crippen LogP contribution in [-0.2, 0) is 6.54 Å². The molecule has 0 aliphatic rings. The topological polar surface area (TPSA) is 66.7 Å². The summed E-state index contributed by atoms with van der Waals surface area (Å²) in [7, 11) is 0. The molecule has 0 saturated heterocycles. The van der Waals surface area contributed by atoms with Gasteiger partial charge in [0.1, 0.15) is 11.3 Å². The molecule has 28 heavy (non-hydrogen) atoms. The predicted molar refractivity (Wildman–Crippen MR) is 117 cm³/mol. The van der Waals surface area contributed by atoms with Gasteiger partial charge in [-0.05, 0) is 28.5 Å². The Morgan fingerprint density at radius 3 is 2.50 bits per heavy atom. The van der Waals surface area contributed by atoms with Crippen molar-refractivity contribution in [2.24, 2.45) is 0 Å². The Labute approximate surface area is 163 Å². The van der Waals surface area contributed by atoms with Crippen LogP contribution >= 0.6 is 0 Å². The third-order valence-corrected chi connectivity index (χ3v) is 5.06. The summed E-state index contributed by atoms with van der Waals surface area (Å²) in [5.74, 6) is 0.832. The second kappa shape index (κ2) is 6.74. The second-order valence-corrected chi connectivity index (χ2v) is 6.87. The summed E-state index contributed by atoms with van der Waals surface area (Å²) in [6.45, 7) is 0.719. The maximum Gasteiger partial charge on any atom is 0.139 e. The Bertz CT molecular complexity index is 1270. The van der Waals surface area contributed by atoms with Crippen LogP contribution in [0.1, 0.15) is 5.56 Å². The Kier molecular flexibility index (Phi) is 3.95. The van der Waals surface area contributed by atoms with E-state index in [1.54, 1.807) is 0 Å². The Morgan fingerprint density at radius 1 is 0.821 bits per heavy atom. The van der Waals surface area contributed by atoms with Gasteiger partial charge in [0.2, 0.25) is 0 Å². The molecule has 136 valence electrons. The highest BCUT2D eigenvalue weighted by Crippen LogP contribution is 2.32. The number of nitrogen functional groups attached to an aromatic ring is 1. The highest BCUT2D eigenvalue weighted by molar-refractivity contribution is 6.00. The van der Waals surface area contributed by atoms with Gasteiger partial charge in [0, 0.05) is 12.1 Å². The van der Waals surface area contributed by atoms with Crippen LogP contribution in [-0.4, -0.2) is 9.97 Å². The molecule has 0 atom stereocenters. The number of fused-ring (bicyclic) bond motifs is 2. The predicted octanol–water partition coefficient (Wildman–Crippen LogP) is 5.58. The van der Waals surface area contributed by atoms with E-state index in [0.717, 1.165) is 34.7 Å². The van der Waals surface area contributed by atoms with Gasteiger partial charge in [-0.3, -0.25) is 0 Å². The first-order valence-corrected chi connectivity index (χ1v) is 9.34. The summed E-state index contributed by atoms with van der Waals surface area (Å²) in [4.78, 5) is 8.25. The SMILES string of the molecule is Nc1c(NCc2ccccc2)ccc2[nH]c(-c3cccc4ccccc34)nc12. The average molecular weight is 364 g/mol. The zero-order valence-corrected chi connectivity index (χ0v) is 15.3. The number of nitrogens with zero attached hydrogens (tertiary/aromatic N) is 1. The number of aromatic nitrogens is 2. The molecule has 0 fully saturated rings. The highest BCUT2D eigenvalue weighted by Gasteiger charge is 2.12. The molecule has 5 aromatic rings. The molecule has 4 heteroatoms. The molecular formula is C24H20N4. The monoisotopic (exact) mass is 364 g/mol. The standard InChI is InChI=1S/C24H20N4/c25-22-20(26-15-16-7-2-1-3-8-16)13-14-21-23(22)28-24(27-21)19-12-6-10-17-9-4-5-11-18(17)19/h1-14,26H,15,25H2,(H,27,28). The van der Waals surface area contributed by atoms with E-state index in [9.17, 15) is 0 Å². The molecule has 0 spiro atoms. The summed E-state index contributed by atoms with van der Waals surface area (Å²) in [5, 5.41) is 5.79. The van der Waals surface area contributed by atoms with Gasteiger partial charge in [-0.1, -0.05) is 72.8 Å². The fraction of sp³-hybridized carbons (Fsp3) is 0.0417. The van der Waals surface area contributed by atoms with Crippen molar-refractivity contribution in [2.45, 2.75) is 6.54 Å². The number of hydrogen-bond acceptors (Lipinski definition) is 3. The number of aromatic amines is 1. The maximum atomic E-state index is 6.44. The number of imidazole rings is 1. The van der Waals surface area contributed by atoms with Gasteiger partial charge in [-0.15, -0.1) is 0 Å². The van der Waals surface area contributed by atoms with Crippen LogP contribution < -0.4 is 11.1 Å². The highest BCUT2D eigenvalue weighted by atomic mass is 15.0. The molecule has 5 rings (SSSR count). The lowest BCUT2D eigenvalue weighted by atomic mass is 10.0. The van der Waals surface area contributed by atoms with Crippen LogP contribution in [0, 0.1) is 0 Å². The minimum atomic E-state index is 0.663. The van der Waals surface area contributed by atoms with Gasteiger partial charge in [0.15, 0.2) is 0 Å². The van der Waals surface area contributed by atoms with Gasteiger partial charge >= 0.3 is 0 Å². The quantitative estimate of drug-likeness (QED) is 0.365. The van der Waals surface area contributed by atoms with Crippen molar-refractivity contribution in [3.05, 3.63) is 90.5 Å². The minimum Gasteiger partial charge on any atom is -0.395 e. The summed E-state index contributed by atoms with van der Waals surface area (Å²) in [5.41, 5.74) is 12.0. The fourth-order valence-electron chi connectivity index (χ4n) is 3.60. The van der Waals surface area contributed by atoms with Crippen molar-refractivity contribution >= 4 is 33.2 Å². The summed E-state index contributed by atoms with van der Waals surface area (Å²) < 4.78 is 0. The first kappa shape index (κ1) is 16.4. The first-order valence-electron chi connectivity index (χ1n) is 9.34. The maximum absolute atomic E-state index is 6.44. The van der Waals surface area contributed by atoms with Crippen LogP contribution in [0.15, 0.2) is 84.9 Å². The van der Waals surface area contributed by atoms with Gasteiger partial charge < -0.3 is 16.0 Å². The van der Waals surface area contributed by atoms with Gasteiger partial charge in [-0.25, -0.2) is 4.98 Å². The molecule has 0 aliphatic heterocycles. The zero-order valence-electron chi connectivity index (χ0n) is 15.3. The Balaban J connectivity index is 1.53. The van der Waals surface area contributed by atoms with E-state index in [1.807, 2.05) is 36.4 Å². The molecule has 0 saturated carbocycles. The normalized spacial score (nSPS) is 11.1. The van der Waals surface area contributed by atoms with Crippen LogP contribution in [0.5, 0.6) is 0 Å². The third-order valence-electron chi connectivity index (χ3n) is 5.06. The summed E-state index contributed by atoms with van der Waals surface area (Å²) in [6, 6.07) is 28.9. The van der Waals surface area contributed by atoms with Crippen molar-refractivity contribution in [1.82, 2.24) is 9.97 Å². The van der Waals surface area contributed by atoms with Crippen molar-refractivity contribution < 1.29 is 0 Å². The lowest BCUT2D eigenvalue weighted by Crippen LogP contribution is -2.02. The van der Waals surface area contributed by atoms with Crippen molar-refractivity contribution in [3.63, 3.8) is 0 Å². The fourth-order valence-corrected chi connectivity index (χ4v) is 3.60. The Hall–Kier alpha value is -3.79. The van der Waals surface area contributed by atoms with Crippen LogP contribution in [0.2, 0.25) is 0 Å². The van der Waals surface area contributed by atoms with Gasteiger partial charge in [0.25, 0.3) is 0 Å². The number of anilines is 2. The smallest absolute Gasteiger partial charge is 0.139 e. The molecule has 0 aliphatic carbocycles. The molecule has 0 radical (unpaired) electrons. The molecule has 4 aromatic carbocycles. The molecule has 1 aromatic heterocycles. The minimum absolute atomic E-state index is 0.663. The number of rotatable bonds is 4. The molecule has 0 bridgehead atoms.